The van der Waals surface area contributed by atoms with Crippen molar-refractivity contribution in [2.75, 3.05) is 0 Å². The van der Waals surface area contributed by atoms with Crippen LogP contribution in [-0.4, -0.2) is 5.97 Å². The molecule has 1 aromatic heterocycles. The standard InChI is InChI=1S/C8H6O2S/c1-3-7-4-5-8(11-7)10-6(2)9/h1,4-5H,2H3. The monoisotopic (exact) mass is 166 g/mol. The second-order valence-corrected chi connectivity index (χ2v) is 2.90. The third kappa shape index (κ3) is 2.10. The molecule has 0 aliphatic rings. The summed E-state index contributed by atoms with van der Waals surface area (Å²) in [6.07, 6.45) is 5.11. The topological polar surface area (TPSA) is 26.3 Å². The average Bonchev–Trinajstić information content (AvgIpc) is 2.34. The van der Waals surface area contributed by atoms with Crippen LogP contribution in [0.4, 0.5) is 0 Å². The molecule has 0 saturated carbocycles. The molecule has 0 aliphatic heterocycles. The van der Waals surface area contributed by atoms with E-state index < -0.39 is 0 Å². The van der Waals surface area contributed by atoms with Crippen molar-refractivity contribution in [1.82, 2.24) is 0 Å². The van der Waals surface area contributed by atoms with Crippen LogP contribution in [0.3, 0.4) is 0 Å². The molecule has 0 radical (unpaired) electrons. The third-order valence-corrected chi connectivity index (χ3v) is 1.86. The van der Waals surface area contributed by atoms with Gasteiger partial charge in [0.15, 0.2) is 5.06 Å². The number of carbonyl (C=O) groups excluding carboxylic acids is 1. The second kappa shape index (κ2) is 3.22. The minimum atomic E-state index is -0.324. The molecule has 0 atom stereocenters. The lowest BCUT2D eigenvalue weighted by Gasteiger charge is -1.92. The Morgan fingerprint density at radius 1 is 1.73 bits per heavy atom. The number of rotatable bonds is 1. The van der Waals surface area contributed by atoms with E-state index in [0.717, 1.165) is 4.88 Å². The molecular weight excluding hydrogens is 160 g/mol. The first-order valence-corrected chi connectivity index (χ1v) is 3.79. The van der Waals surface area contributed by atoms with Crippen LogP contribution in [0.15, 0.2) is 12.1 Å². The molecule has 0 N–H and O–H groups in total. The zero-order valence-electron chi connectivity index (χ0n) is 5.96. The van der Waals surface area contributed by atoms with Crippen molar-refractivity contribution < 1.29 is 9.53 Å². The fourth-order valence-electron chi connectivity index (χ4n) is 0.594. The highest BCUT2D eigenvalue weighted by molar-refractivity contribution is 7.14. The Hall–Kier alpha value is -1.27. The van der Waals surface area contributed by atoms with Crippen molar-refractivity contribution in [1.29, 1.82) is 0 Å². The Morgan fingerprint density at radius 3 is 2.91 bits per heavy atom. The highest BCUT2D eigenvalue weighted by Gasteiger charge is 2.00. The maximum absolute atomic E-state index is 10.4. The zero-order valence-corrected chi connectivity index (χ0v) is 6.77. The summed E-state index contributed by atoms with van der Waals surface area (Å²) in [4.78, 5) is 11.2. The minimum Gasteiger partial charge on any atom is -0.416 e. The summed E-state index contributed by atoms with van der Waals surface area (Å²) in [5.41, 5.74) is 0. The van der Waals surface area contributed by atoms with Crippen molar-refractivity contribution in [3.8, 4) is 17.4 Å². The third-order valence-electron chi connectivity index (χ3n) is 0.968. The molecule has 56 valence electrons. The number of ether oxygens (including phenoxy) is 1. The van der Waals surface area contributed by atoms with Gasteiger partial charge in [0.25, 0.3) is 0 Å². The van der Waals surface area contributed by atoms with Crippen LogP contribution in [0.1, 0.15) is 11.8 Å². The maximum atomic E-state index is 10.4. The van der Waals surface area contributed by atoms with Crippen molar-refractivity contribution >= 4 is 17.3 Å². The minimum absolute atomic E-state index is 0.324. The lowest BCUT2D eigenvalue weighted by Crippen LogP contribution is -1.98. The summed E-state index contributed by atoms with van der Waals surface area (Å²) >= 11 is 1.28. The van der Waals surface area contributed by atoms with Crippen LogP contribution in [0, 0.1) is 12.3 Å². The van der Waals surface area contributed by atoms with E-state index >= 15 is 0 Å². The van der Waals surface area contributed by atoms with E-state index in [-0.39, 0.29) is 5.97 Å². The Morgan fingerprint density at radius 2 is 2.45 bits per heavy atom. The predicted molar refractivity (Wildman–Crippen MR) is 43.6 cm³/mol. The van der Waals surface area contributed by atoms with E-state index in [1.54, 1.807) is 12.1 Å². The molecule has 0 saturated heterocycles. The van der Waals surface area contributed by atoms with Gasteiger partial charge < -0.3 is 4.74 Å². The number of hydrogen-bond donors (Lipinski definition) is 0. The quantitative estimate of drug-likeness (QED) is 0.468. The summed E-state index contributed by atoms with van der Waals surface area (Å²) < 4.78 is 4.78. The van der Waals surface area contributed by atoms with Crippen molar-refractivity contribution in [3.63, 3.8) is 0 Å². The summed E-state index contributed by atoms with van der Waals surface area (Å²) in [5.74, 6) is 2.12. The van der Waals surface area contributed by atoms with Gasteiger partial charge in [-0.25, -0.2) is 0 Å². The van der Waals surface area contributed by atoms with E-state index in [4.69, 9.17) is 11.2 Å². The number of terminal acetylenes is 1. The predicted octanol–water partition coefficient (Wildman–Crippen LogP) is 1.65. The lowest BCUT2D eigenvalue weighted by atomic mass is 10.5. The smallest absolute Gasteiger partial charge is 0.308 e. The Kier molecular flexibility index (Phi) is 2.29. The fraction of sp³-hybridized carbons (Fsp3) is 0.125. The summed E-state index contributed by atoms with van der Waals surface area (Å²) in [6.45, 7) is 1.36. The van der Waals surface area contributed by atoms with Gasteiger partial charge in [-0.05, 0) is 12.1 Å². The van der Waals surface area contributed by atoms with Crippen LogP contribution in [-0.2, 0) is 4.79 Å². The molecule has 0 fully saturated rings. The zero-order chi connectivity index (χ0) is 8.27. The van der Waals surface area contributed by atoms with Gasteiger partial charge in [0.05, 0.1) is 4.88 Å². The first kappa shape index (κ1) is 7.83. The van der Waals surface area contributed by atoms with Gasteiger partial charge in [0.1, 0.15) is 0 Å². The summed E-state index contributed by atoms with van der Waals surface area (Å²) in [6, 6.07) is 3.42. The van der Waals surface area contributed by atoms with Crippen molar-refractivity contribution in [2.45, 2.75) is 6.92 Å². The molecule has 0 aromatic carbocycles. The molecule has 0 aliphatic carbocycles. The van der Waals surface area contributed by atoms with Crippen LogP contribution in [0.5, 0.6) is 5.06 Å². The summed E-state index contributed by atoms with van der Waals surface area (Å²) in [7, 11) is 0. The molecule has 1 rings (SSSR count). The molecule has 0 spiro atoms. The first-order chi connectivity index (χ1) is 5.22. The highest BCUT2D eigenvalue weighted by Crippen LogP contribution is 2.23. The fourth-order valence-corrected chi connectivity index (χ4v) is 1.30. The van der Waals surface area contributed by atoms with Gasteiger partial charge in [0, 0.05) is 6.92 Å². The van der Waals surface area contributed by atoms with Crippen LogP contribution < -0.4 is 4.74 Å². The second-order valence-electron chi connectivity index (χ2n) is 1.86. The highest BCUT2D eigenvalue weighted by atomic mass is 32.1. The van der Waals surface area contributed by atoms with Gasteiger partial charge in [-0.1, -0.05) is 17.3 Å². The Labute approximate surface area is 68.8 Å². The molecular formula is C8H6O2S. The van der Waals surface area contributed by atoms with E-state index in [9.17, 15) is 4.79 Å². The van der Waals surface area contributed by atoms with Crippen LogP contribution in [0.2, 0.25) is 0 Å². The molecule has 0 unspecified atom stereocenters. The van der Waals surface area contributed by atoms with Gasteiger partial charge in [-0.3, -0.25) is 4.79 Å². The lowest BCUT2D eigenvalue weighted by molar-refractivity contribution is -0.131. The SMILES string of the molecule is C#Cc1ccc(OC(C)=O)s1. The van der Waals surface area contributed by atoms with E-state index in [1.807, 2.05) is 0 Å². The average molecular weight is 166 g/mol. The number of carbonyl (C=O) groups is 1. The molecule has 1 heterocycles. The van der Waals surface area contributed by atoms with Gasteiger partial charge in [-0.2, -0.15) is 0 Å². The summed E-state index contributed by atoms with van der Waals surface area (Å²) in [5, 5.41) is 0.547. The molecule has 0 amide bonds. The number of hydrogen-bond acceptors (Lipinski definition) is 3. The molecule has 11 heavy (non-hydrogen) atoms. The largest absolute Gasteiger partial charge is 0.416 e. The van der Waals surface area contributed by atoms with E-state index in [1.165, 1.54) is 18.3 Å². The molecule has 2 nitrogen and oxygen atoms in total. The van der Waals surface area contributed by atoms with Gasteiger partial charge in [-0.15, -0.1) is 6.42 Å². The molecule has 1 aromatic rings. The molecule has 3 heteroatoms. The van der Waals surface area contributed by atoms with E-state index in [2.05, 4.69) is 5.92 Å². The normalized spacial score (nSPS) is 8.73. The Balaban J connectivity index is 2.75. The Bertz CT molecular complexity index is 306. The number of thiophene rings is 1. The van der Waals surface area contributed by atoms with E-state index in [0.29, 0.717) is 5.06 Å². The van der Waals surface area contributed by atoms with Crippen LogP contribution in [0.25, 0.3) is 0 Å². The van der Waals surface area contributed by atoms with Gasteiger partial charge in [0.2, 0.25) is 0 Å². The first-order valence-electron chi connectivity index (χ1n) is 2.97. The van der Waals surface area contributed by atoms with Crippen molar-refractivity contribution in [2.24, 2.45) is 0 Å². The van der Waals surface area contributed by atoms with Crippen LogP contribution >= 0.6 is 11.3 Å². The van der Waals surface area contributed by atoms with Gasteiger partial charge >= 0.3 is 5.97 Å². The number of esters is 1. The van der Waals surface area contributed by atoms with Crippen molar-refractivity contribution in [3.05, 3.63) is 17.0 Å². The maximum Gasteiger partial charge on any atom is 0.308 e. The molecule has 0 bridgehead atoms.